The zero-order valence-electron chi connectivity index (χ0n) is 17.6. The molecule has 1 aromatic heterocycles. The fourth-order valence-corrected chi connectivity index (χ4v) is 4.12. The highest BCUT2D eigenvalue weighted by molar-refractivity contribution is 6.30. The van der Waals surface area contributed by atoms with Crippen LogP contribution < -0.4 is 11.5 Å². The lowest BCUT2D eigenvalue weighted by atomic mass is 9.80. The number of fused-ring (bicyclic) bond motifs is 1. The summed E-state index contributed by atoms with van der Waals surface area (Å²) in [6, 6.07) is 14.2. The normalized spacial score (nSPS) is 16.1. The molecule has 166 valence electrons. The predicted octanol–water partition coefficient (Wildman–Crippen LogP) is 6.13. The Morgan fingerprint density at radius 1 is 1.00 bits per heavy atom. The molecule has 0 aliphatic heterocycles. The maximum atomic E-state index is 6.15. The number of nitrogens with two attached hydrogens (primary N) is 2. The first-order valence-corrected chi connectivity index (χ1v) is 10.6. The summed E-state index contributed by atoms with van der Waals surface area (Å²) in [5.74, 6) is 1.08. The molecular weight excluding hydrogens is 451 g/mol. The van der Waals surface area contributed by atoms with Gasteiger partial charge < -0.3 is 11.5 Å². The summed E-state index contributed by atoms with van der Waals surface area (Å²) in [7, 11) is 0. The number of halogens is 3. The zero-order valence-corrected chi connectivity index (χ0v) is 19.9. The van der Waals surface area contributed by atoms with Crippen LogP contribution in [0.1, 0.15) is 61.2 Å². The van der Waals surface area contributed by atoms with Gasteiger partial charge in [0.25, 0.3) is 0 Å². The van der Waals surface area contributed by atoms with Gasteiger partial charge in [0.05, 0.1) is 16.9 Å². The molecule has 1 aliphatic rings. The lowest BCUT2D eigenvalue weighted by Crippen LogP contribution is -2.51. The van der Waals surface area contributed by atoms with Crippen molar-refractivity contribution in [3.8, 4) is 0 Å². The average Bonchev–Trinajstić information content (AvgIpc) is 2.72. The summed E-state index contributed by atoms with van der Waals surface area (Å²) in [4.78, 5) is 9.77. The molecule has 31 heavy (non-hydrogen) atoms. The van der Waals surface area contributed by atoms with Crippen LogP contribution in [0.25, 0.3) is 23.1 Å². The largest absolute Gasteiger partial charge is 0.313 e. The lowest BCUT2D eigenvalue weighted by molar-refractivity contribution is 0.279. The molecule has 1 heterocycles. The molecule has 1 fully saturated rings. The number of rotatable bonds is 4. The van der Waals surface area contributed by atoms with E-state index in [1.165, 1.54) is 5.56 Å². The molecule has 4 N–H and O–H groups in total. The van der Waals surface area contributed by atoms with E-state index in [0.29, 0.717) is 5.92 Å². The lowest BCUT2D eigenvalue weighted by Gasteiger charge is -2.34. The molecule has 3 aromatic rings. The highest BCUT2D eigenvalue weighted by atomic mass is 35.5. The molecule has 0 bridgehead atoms. The number of hydrogen-bond donors (Lipinski definition) is 2. The van der Waals surface area contributed by atoms with Crippen LogP contribution >= 0.6 is 36.4 Å². The van der Waals surface area contributed by atoms with Crippen molar-refractivity contribution in [1.29, 1.82) is 0 Å². The Morgan fingerprint density at radius 2 is 1.68 bits per heavy atom. The molecule has 4 nitrogen and oxygen atoms in total. The van der Waals surface area contributed by atoms with E-state index in [1.807, 2.05) is 36.4 Å². The Balaban J connectivity index is 0.00000171. The second-order valence-corrected chi connectivity index (χ2v) is 8.50. The quantitative estimate of drug-likeness (QED) is 0.441. The van der Waals surface area contributed by atoms with Crippen molar-refractivity contribution >= 4 is 59.5 Å². The zero-order chi connectivity index (χ0) is 20.4. The molecule has 0 amide bonds. The minimum Gasteiger partial charge on any atom is -0.313 e. The van der Waals surface area contributed by atoms with Gasteiger partial charge in [0.15, 0.2) is 5.82 Å². The molecule has 7 heteroatoms. The van der Waals surface area contributed by atoms with Gasteiger partial charge in [0, 0.05) is 16.3 Å². The number of benzene rings is 2. The first-order chi connectivity index (χ1) is 13.9. The van der Waals surface area contributed by atoms with Crippen molar-refractivity contribution in [2.75, 3.05) is 0 Å². The third-order valence-electron chi connectivity index (χ3n) is 5.81. The molecule has 1 aliphatic carbocycles. The van der Waals surface area contributed by atoms with E-state index in [9.17, 15) is 0 Å². The van der Waals surface area contributed by atoms with Crippen molar-refractivity contribution < 1.29 is 0 Å². The van der Waals surface area contributed by atoms with Gasteiger partial charge in [-0.15, -0.1) is 24.8 Å². The second kappa shape index (κ2) is 10.8. The Hall–Kier alpha value is -1.69. The smallest absolute Gasteiger partial charge is 0.152 e. The van der Waals surface area contributed by atoms with Gasteiger partial charge in [-0.05, 0) is 73.6 Å². The topological polar surface area (TPSA) is 77.8 Å². The number of hydrogen-bond acceptors (Lipinski definition) is 4. The predicted molar refractivity (Wildman–Crippen MR) is 136 cm³/mol. The van der Waals surface area contributed by atoms with Crippen LogP contribution in [0.2, 0.25) is 5.02 Å². The third-order valence-corrected chi connectivity index (χ3v) is 6.07. The third kappa shape index (κ3) is 6.18. The van der Waals surface area contributed by atoms with E-state index in [0.717, 1.165) is 65.1 Å². The molecule has 0 radical (unpaired) electrons. The summed E-state index contributed by atoms with van der Waals surface area (Å²) in [5, 5.41) is 1.88. The summed E-state index contributed by atoms with van der Waals surface area (Å²) in [6.07, 6.45) is 8.52. The molecule has 0 unspecified atom stereocenters. The molecular formula is C24H29Cl3N4. The van der Waals surface area contributed by atoms with Gasteiger partial charge >= 0.3 is 0 Å². The van der Waals surface area contributed by atoms with E-state index >= 15 is 0 Å². The number of aryl methyl sites for hydroxylation is 1. The van der Waals surface area contributed by atoms with Gasteiger partial charge in [-0.1, -0.05) is 42.8 Å². The highest BCUT2D eigenvalue weighted by Crippen LogP contribution is 2.37. The Labute approximate surface area is 201 Å². The molecule has 2 aromatic carbocycles. The van der Waals surface area contributed by atoms with Crippen LogP contribution in [0.15, 0.2) is 42.5 Å². The van der Waals surface area contributed by atoms with Crippen LogP contribution in [-0.2, 0) is 6.42 Å². The fourth-order valence-electron chi connectivity index (χ4n) is 4.00. The van der Waals surface area contributed by atoms with Crippen LogP contribution in [0.4, 0.5) is 0 Å². The van der Waals surface area contributed by atoms with Crippen molar-refractivity contribution in [1.82, 2.24) is 9.97 Å². The Bertz CT molecular complexity index is 1040. The maximum Gasteiger partial charge on any atom is 0.152 e. The van der Waals surface area contributed by atoms with E-state index < -0.39 is 5.66 Å². The van der Waals surface area contributed by atoms with E-state index in [1.54, 1.807) is 0 Å². The fraction of sp³-hybridized carbons (Fsp3) is 0.333. The Morgan fingerprint density at radius 3 is 2.32 bits per heavy atom. The Kier molecular flexibility index (Phi) is 8.87. The molecule has 0 atom stereocenters. The van der Waals surface area contributed by atoms with E-state index in [4.69, 9.17) is 33.0 Å². The van der Waals surface area contributed by atoms with Crippen LogP contribution in [0.5, 0.6) is 0 Å². The maximum absolute atomic E-state index is 6.15. The van der Waals surface area contributed by atoms with E-state index in [2.05, 4.69) is 25.1 Å². The molecule has 0 spiro atoms. The summed E-state index contributed by atoms with van der Waals surface area (Å²) < 4.78 is 0. The van der Waals surface area contributed by atoms with Crippen molar-refractivity contribution in [3.63, 3.8) is 0 Å². The van der Waals surface area contributed by atoms with Gasteiger partial charge in [-0.25, -0.2) is 9.97 Å². The van der Waals surface area contributed by atoms with Gasteiger partial charge in [-0.2, -0.15) is 0 Å². The van der Waals surface area contributed by atoms with Gasteiger partial charge in [-0.3, -0.25) is 0 Å². The SMILES string of the molecule is CCc1ccc2nc(C=Cc3ccc(Cl)cc3)nc(C3CCC(N)(N)CC3)c2c1.Cl.Cl. The van der Waals surface area contributed by atoms with Crippen molar-refractivity contribution in [2.45, 2.75) is 50.6 Å². The van der Waals surface area contributed by atoms with Crippen LogP contribution in [-0.4, -0.2) is 15.6 Å². The van der Waals surface area contributed by atoms with Gasteiger partial charge in [0.1, 0.15) is 0 Å². The monoisotopic (exact) mass is 478 g/mol. The van der Waals surface area contributed by atoms with Crippen molar-refractivity contribution in [2.24, 2.45) is 11.5 Å². The van der Waals surface area contributed by atoms with E-state index in [-0.39, 0.29) is 24.8 Å². The summed E-state index contributed by atoms with van der Waals surface area (Å²) in [6.45, 7) is 2.17. The summed E-state index contributed by atoms with van der Waals surface area (Å²) >= 11 is 5.98. The van der Waals surface area contributed by atoms with Crippen LogP contribution in [0.3, 0.4) is 0 Å². The highest BCUT2D eigenvalue weighted by Gasteiger charge is 2.30. The number of nitrogens with zero attached hydrogens (tertiary/aromatic N) is 2. The first kappa shape index (κ1) is 25.6. The van der Waals surface area contributed by atoms with Crippen LogP contribution in [0, 0.1) is 0 Å². The minimum absolute atomic E-state index is 0. The molecule has 1 saturated carbocycles. The second-order valence-electron chi connectivity index (χ2n) is 8.06. The minimum atomic E-state index is -0.550. The average molecular weight is 480 g/mol. The number of aromatic nitrogens is 2. The van der Waals surface area contributed by atoms with Crippen molar-refractivity contribution in [3.05, 3.63) is 70.1 Å². The standard InChI is InChI=1S/C24H27ClN4.2ClH/c1-2-16-5-9-21-20(15-16)23(18-11-13-24(26,27)14-12-18)29-22(28-21)10-6-17-3-7-19(25)8-4-17;;/h3-10,15,18H,2,11-14,26-27H2,1H3;2*1H. The van der Waals surface area contributed by atoms with Gasteiger partial charge in [0.2, 0.25) is 0 Å². The summed E-state index contributed by atoms with van der Waals surface area (Å²) in [5.41, 5.74) is 16.2. The first-order valence-electron chi connectivity index (χ1n) is 10.3. The molecule has 4 rings (SSSR count). The molecule has 0 saturated heterocycles.